The second kappa shape index (κ2) is 17.5. The summed E-state index contributed by atoms with van der Waals surface area (Å²) in [6.07, 6.45) is 0. The van der Waals surface area contributed by atoms with Crippen molar-refractivity contribution in [2.75, 3.05) is 0 Å². The maximum absolute atomic E-state index is 6.56. The lowest BCUT2D eigenvalue weighted by Crippen LogP contribution is -2.77. The average molecular weight is 1460 g/mol. The normalized spacial score (nSPS) is 33.8. The van der Waals surface area contributed by atoms with E-state index in [1.165, 1.54) is 0 Å². The van der Waals surface area contributed by atoms with Gasteiger partial charge in [-0.2, -0.15) is 0 Å². The van der Waals surface area contributed by atoms with Crippen LogP contribution in [0, 0.1) is 0 Å². The van der Waals surface area contributed by atoms with Crippen LogP contribution in [0.5, 0.6) is 0 Å². The predicted molar refractivity (Wildman–Crippen MR) is 255 cm³/mol. The maximum Gasteiger partial charge on any atom is 0.189 e. The van der Waals surface area contributed by atoms with Gasteiger partial charge < -0.3 is 0 Å². The van der Waals surface area contributed by atoms with E-state index in [9.17, 15) is 0 Å². The van der Waals surface area contributed by atoms with Crippen molar-refractivity contribution < 1.29 is 0 Å². The summed E-state index contributed by atoms with van der Waals surface area (Å²) in [5, 5.41) is -2.65. The first-order chi connectivity index (χ1) is 22.2. The lowest BCUT2D eigenvalue weighted by atomic mass is 9.94. The molecular formula is C18HCl35. The Morgan fingerprint density at radius 2 is 0.226 bits per heavy atom. The first-order valence-corrected chi connectivity index (χ1v) is 24.5. The van der Waals surface area contributed by atoms with Crippen LogP contribution in [-0.2, 0) is 0 Å². The summed E-state index contributed by atoms with van der Waals surface area (Å²) < 4.78 is -60.5. The maximum atomic E-state index is 6.56. The van der Waals surface area contributed by atoms with Crippen LogP contribution in [0.4, 0.5) is 0 Å². The highest BCUT2D eigenvalue weighted by Crippen LogP contribution is 2.79. The van der Waals surface area contributed by atoms with Crippen molar-refractivity contribution in [3.63, 3.8) is 0 Å². The van der Waals surface area contributed by atoms with E-state index < -0.39 is 79.0 Å². The average Bonchev–Trinajstić information content (AvgIpc) is 2.94. The van der Waals surface area contributed by atoms with E-state index in [1.807, 2.05) is 0 Å². The Balaban J connectivity index is 4.86. The highest BCUT2D eigenvalue weighted by Gasteiger charge is 2.89. The van der Waals surface area contributed by atoms with Crippen molar-refractivity contribution in [2.45, 2.75) is 79.0 Å². The Labute approximate surface area is 477 Å². The predicted octanol–water partition coefficient (Wildman–Crippen LogP) is 20.6. The molecule has 0 heterocycles. The topological polar surface area (TPSA) is 0 Å². The van der Waals surface area contributed by atoms with E-state index in [1.54, 1.807) is 0 Å². The number of rotatable bonds is 0. The minimum absolute atomic E-state index is 2.65. The van der Waals surface area contributed by atoms with Gasteiger partial charge in [-0.1, -0.05) is 394 Å². The zero-order chi connectivity index (χ0) is 44.1. The van der Waals surface area contributed by atoms with Gasteiger partial charge in [-0.15, -0.1) is 11.6 Å². The van der Waals surface area contributed by atoms with Crippen molar-refractivity contribution in [3.05, 3.63) is 0 Å². The minimum atomic E-state index is -3.64. The monoisotopic (exact) mass is 1440 g/mol. The molecule has 35 heteroatoms. The smallest absolute Gasteiger partial charge is 0.116 e. The molecule has 0 aromatic rings. The molecule has 0 radical (unpaired) electrons. The zero-order valence-electron chi connectivity index (χ0n) is 22.3. The Morgan fingerprint density at radius 1 is 0.151 bits per heavy atom. The van der Waals surface area contributed by atoms with Gasteiger partial charge in [0.15, 0.2) is 73.7 Å². The summed E-state index contributed by atoms with van der Waals surface area (Å²) >= 11 is 230. The van der Waals surface area contributed by atoms with Crippen LogP contribution in [0.1, 0.15) is 0 Å². The van der Waals surface area contributed by atoms with Crippen LogP contribution < -0.4 is 0 Å². The van der Waals surface area contributed by atoms with E-state index in [2.05, 4.69) is 0 Å². The largest absolute Gasteiger partial charge is 0.189 e. The van der Waals surface area contributed by atoms with Crippen LogP contribution >= 0.6 is 406 Å². The Hall–Kier alpha value is 10.1. The molecule has 1 aliphatic carbocycles. The Morgan fingerprint density at radius 3 is 0.321 bits per heavy atom. The molecule has 0 aromatic carbocycles. The lowest BCUT2D eigenvalue weighted by Gasteiger charge is -2.60. The summed E-state index contributed by atoms with van der Waals surface area (Å²) in [4.78, 5) is 0. The highest BCUT2D eigenvalue weighted by atomic mass is 35.6. The van der Waals surface area contributed by atoms with Crippen LogP contribution in [0.3, 0.4) is 0 Å². The van der Waals surface area contributed by atoms with E-state index in [4.69, 9.17) is 406 Å². The van der Waals surface area contributed by atoms with Crippen molar-refractivity contribution in [2.24, 2.45) is 0 Å². The molecule has 0 aromatic heterocycles. The van der Waals surface area contributed by atoms with Crippen LogP contribution in [0.25, 0.3) is 0 Å². The van der Waals surface area contributed by atoms with Gasteiger partial charge >= 0.3 is 0 Å². The highest BCUT2D eigenvalue weighted by molar-refractivity contribution is 6.85. The van der Waals surface area contributed by atoms with Crippen LogP contribution in [0.2, 0.25) is 0 Å². The molecule has 1 fully saturated rings. The fourth-order valence-electron chi connectivity index (χ4n) is 3.53. The quantitative estimate of drug-likeness (QED) is 0.212. The molecule has 0 aliphatic heterocycles. The van der Waals surface area contributed by atoms with E-state index in [0.29, 0.717) is 0 Å². The number of hydrogen-bond donors (Lipinski definition) is 0. The molecule has 1 rings (SSSR count). The van der Waals surface area contributed by atoms with Crippen molar-refractivity contribution in [1.29, 1.82) is 0 Å². The molecule has 0 N–H and O–H groups in total. The zero-order valence-corrected chi connectivity index (χ0v) is 48.8. The molecule has 0 amide bonds. The second-order valence-corrected chi connectivity index (χ2v) is 33.3. The summed E-state index contributed by atoms with van der Waals surface area (Å²) in [5.74, 6) is 0. The molecule has 1 saturated carbocycles. The second-order valence-electron chi connectivity index (χ2n) is 10.2. The molecule has 0 atom stereocenters. The van der Waals surface area contributed by atoms with Gasteiger partial charge in [-0.25, -0.2) is 0 Å². The van der Waals surface area contributed by atoms with Crippen molar-refractivity contribution >= 4 is 406 Å². The molecule has 0 saturated heterocycles. The number of alkyl halides is 35. The van der Waals surface area contributed by atoms with Gasteiger partial charge in [-0.05, 0) is 0 Å². The Bertz CT molecular complexity index is 1290. The van der Waals surface area contributed by atoms with Gasteiger partial charge in [0.2, 0.25) is 0 Å². The Kier molecular flexibility index (Phi) is 20.2. The van der Waals surface area contributed by atoms with E-state index >= 15 is 0 Å². The van der Waals surface area contributed by atoms with Crippen molar-refractivity contribution in [1.82, 2.24) is 0 Å². The SMILES string of the molecule is ClC1C(Cl)(Cl)C(Cl)(Cl)C(Cl)(Cl)C(Cl)(Cl)C(Cl)(Cl)C(Cl)(Cl)C(Cl)(Cl)C(Cl)(Cl)C(Cl)(Cl)C(Cl)(Cl)C(Cl)(Cl)C(Cl)(Cl)C(Cl)(Cl)C(Cl)(Cl)C(Cl)(Cl)C(Cl)(Cl)C1(Cl)Cl. The molecule has 318 valence electrons. The summed E-state index contributed by atoms with van der Waals surface area (Å²) in [6.45, 7) is 0. The third-order valence-corrected chi connectivity index (χ3v) is 33.4. The molecule has 0 nitrogen and oxygen atoms in total. The minimum Gasteiger partial charge on any atom is -0.116 e. The van der Waals surface area contributed by atoms with Crippen LogP contribution in [0.15, 0.2) is 0 Å². The molecule has 0 unspecified atom stereocenters. The molecular weight excluding hydrogens is 1460 g/mol. The molecule has 1 aliphatic rings. The summed E-state index contributed by atoms with van der Waals surface area (Å²) in [5.41, 5.74) is 0. The third-order valence-electron chi connectivity index (χ3n) is 6.99. The van der Waals surface area contributed by atoms with Crippen molar-refractivity contribution in [3.8, 4) is 0 Å². The fraction of sp³-hybridized carbons (Fsp3) is 1.00. The molecule has 0 bridgehead atoms. The van der Waals surface area contributed by atoms with E-state index in [-0.39, 0.29) is 0 Å². The fourth-order valence-corrected chi connectivity index (χ4v) is 16.8. The van der Waals surface area contributed by atoms with Gasteiger partial charge in [0.05, 0.1) is 0 Å². The van der Waals surface area contributed by atoms with Gasteiger partial charge in [0, 0.05) is 0 Å². The van der Waals surface area contributed by atoms with Crippen LogP contribution in [-0.4, -0.2) is 79.0 Å². The molecule has 53 heavy (non-hydrogen) atoms. The standard InChI is InChI=1S/C18HCl35/c19-1-2(20,21)4(24,25)6(28,29)8(32,33)10(36,37)12(40,41)14(44,45)16(48,49)18(52,53)17(50,51)15(46,47)13(42,43)11(38,39)9(34,35)7(30,31)5(26,27)3(1,22)23/h1H. The first-order valence-electron chi connectivity index (χ1n) is 11.2. The van der Waals surface area contributed by atoms with Gasteiger partial charge in [0.1, 0.15) is 5.38 Å². The summed E-state index contributed by atoms with van der Waals surface area (Å²) in [7, 11) is 0. The molecule has 0 spiro atoms. The first kappa shape index (κ1) is 61.2. The third kappa shape index (κ3) is 8.15. The number of halogens is 35. The van der Waals surface area contributed by atoms with Gasteiger partial charge in [-0.3, -0.25) is 0 Å². The number of hydrogen-bond acceptors (Lipinski definition) is 0. The van der Waals surface area contributed by atoms with Gasteiger partial charge in [0.25, 0.3) is 0 Å². The lowest BCUT2D eigenvalue weighted by molar-refractivity contribution is 0.375. The summed E-state index contributed by atoms with van der Waals surface area (Å²) in [6, 6.07) is 0. The van der Waals surface area contributed by atoms with E-state index in [0.717, 1.165) is 0 Å².